The van der Waals surface area contributed by atoms with Crippen LogP contribution in [0.1, 0.15) is 18.2 Å². The van der Waals surface area contributed by atoms with E-state index in [1.165, 1.54) is 0 Å². The fourth-order valence-electron chi connectivity index (χ4n) is 2.38. The van der Waals surface area contributed by atoms with E-state index >= 15 is 0 Å². The van der Waals surface area contributed by atoms with E-state index < -0.39 is 6.61 Å². The Hall–Kier alpha value is -2.29. The monoisotopic (exact) mass is 445 g/mol. The van der Waals surface area contributed by atoms with E-state index in [-0.39, 0.29) is 18.0 Å². The maximum absolute atomic E-state index is 12.8. The number of benzene rings is 1. The fourth-order valence-corrected chi connectivity index (χ4v) is 2.72. The zero-order valence-corrected chi connectivity index (χ0v) is 16.7. The Labute approximate surface area is 165 Å². The van der Waals surface area contributed by atoms with Crippen molar-refractivity contribution in [1.82, 2.24) is 10.6 Å². The lowest BCUT2D eigenvalue weighted by molar-refractivity contribution is -0.0520. The molecule has 2 N–H and O–H groups in total. The van der Waals surface area contributed by atoms with Crippen LogP contribution < -0.4 is 20.1 Å². The summed E-state index contributed by atoms with van der Waals surface area (Å²) in [6, 6.07) is 8.74. The van der Waals surface area contributed by atoms with Gasteiger partial charge in [0.25, 0.3) is 0 Å². The summed E-state index contributed by atoms with van der Waals surface area (Å²) in [6.07, 6.45) is 0.672. The van der Waals surface area contributed by atoms with Crippen LogP contribution in [0.15, 0.2) is 44.4 Å². The standard InChI is InChI=1S/C18H22BrF2N3O3/c1-3-25-14-6-4-5-12(16(14)27-17(20)21)11-24-18(22-2)23-10-9-13-7-8-15(19)26-13/h4-8,17H,3,9-11H2,1-2H3,(H2,22,23,24). The lowest BCUT2D eigenvalue weighted by Gasteiger charge is -2.17. The third-order valence-electron chi connectivity index (χ3n) is 3.53. The summed E-state index contributed by atoms with van der Waals surface area (Å²) in [4.78, 5) is 4.12. The third-order valence-corrected chi connectivity index (χ3v) is 3.96. The van der Waals surface area contributed by atoms with Gasteiger partial charge in [0.2, 0.25) is 0 Å². The predicted octanol–water partition coefficient (Wildman–Crippen LogP) is 3.95. The van der Waals surface area contributed by atoms with Gasteiger partial charge in [-0.25, -0.2) is 0 Å². The first-order valence-corrected chi connectivity index (χ1v) is 9.21. The predicted molar refractivity (Wildman–Crippen MR) is 103 cm³/mol. The molecule has 0 aliphatic heterocycles. The number of aliphatic imine (C=N–C) groups is 1. The normalized spacial score (nSPS) is 11.6. The van der Waals surface area contributed by atoms with Crippen LogP contribution in [-0.2, 0) is 13.0 Å². The summed E-state index contributed by atoms with van der Waals surface area (Å²) in [5.74, 6) is 1.67. The molecule has 2 rings (SSSR count). The van der Waals surface area contributed by atoms with Crippen molar-refractivity contribution in [2.24, 2.45) is 4.99 Å². The highest BCUT2D eigenvalue weighted by atomic mass is 79.9. The maximum atomic E-state index is 12.8. The van der Waals surface area contributed by atoms with Crippen molar-refractivity contribution in [2.75, 3.05) is 20.2 Å². The molecular formula is C18H22BrF2N3O3. The Morgan fingerprint density at radius 3 is 2.70 bits per heavy atom. The van der Waals surface area contributed by atoms with Crippen molar-refractivity contribution in [3.8, 4) is 11.5 Å². The SMILES string of the molecule is CCOc1cccc(CNC(=NC)NCCc2ccc(Br)o2)c1OC(F)F. The van der Waals surface area contributed by atoms with E-state index in [9.17, 15) is 8.78 Å². The third kappa shape index (κ3) is 6.74. The molecule has 0 radical (unpaired) electrons. The molecule has 1 heterocycles. The van der Waals surface area contributed by atoms with Gasteiger partial charge in [-0.2, -0.15) is 8.78 Å². The van der Waals surface area contributed by atoms with Gasteiger partial charge in [0, 0.05) is 32.1 Å². The van der Waals surface area contributed by atoms with E-state index in [2.05, 4.69) is 36.3 Å². The first-order valence-electron chi connectivity index (χ1n) is 8.41. The number of hydrogen-bond donors (Lipinski definition) is 2. The Morgan fingerprint density at radius 2 is 2.07 bits per heavy atom. The van der Waals surface area contributed by atoms with Crippen molar-refractivity contribution < 1.29 is 22.7 Å². The van der Waals surface area contributed by atoms with E-state index in [4.69, 9.17) is 9.15 Å². The van der Waals surface area contributed by atoms with E-state index in [0.29, 0.717) is 35.8 Å². The molecule has 1 aromatic carbocycles. The number of ether oxygens (including phenoxy) is 2. The van der Waals surface area contributed by atoms with Gasteiger partial charge in [0.1, 0.15) is 5.76 Å². The summed E-state index contributed by atoms with van der Waals surface area (Å²) in [6.45, 7) is 0.0344. The van der Waals surface area contributed by atoms with Gasteiger partial charge < -0.3 is 24.5 Å². The van der Waals surface area contributed by atoms with E-state index in [0.717, 1.165) is 5.76 Å². The van der Waals surface area contributed by atoms with Crippen LogP contribution in [0, 0.1) is 0 Å². The number of alkyl halides is 2. The molecule has 0 unspecified atom stereocenters. The van der Waals surface area contributed by atoms with Crippen molar-refractivity contribution >= 4 is 21.9 Å². The Kier molecular flexibility index (Phi) is 8.38. The molecule has 0 saturated carbocycles. The summed E-state index contributed by atoms with van der Waals surface area (Å²) in [5, 5.41) is 6.22. The van der Waals surface area contributed by atoms with Gasteiger partial charge in [-0.3, -0.25) is 4.99 Å². The number of rotatable bonds is 9. The number of para-hydroxylation sites is 1. The van der Waals surface area contributed by atoms with E-state index in [1.54, 1.807) is 32.2 Å². The second-order valence-electron chi connectivity index (χ2n) is 5.36. The molecule has 1 aromatic heterocycles. The van der Waals surface area contributed by atoms with Crippen molar-refractivity contribution in [2.45, 2.75) is 26.5 Å². The number of guanidine groups is 1. The highest BCUT2D eigenvalue weighted by Crippen LogP contribution is 2.32. The summed E-state index contributed by atoms with van der Waals surface area (Å²) < 4.78 is 41.7. The zero-order chi connectivity index (χ0) is 19.6. The molecule has 0 bridgehead atoms. The highest BCUT2D eigenvalue weighted by molar-refractivity contribution is 9.10. The molecule has 9 heteroatoms. The molecule has 2 aromatic rings. The first kappa shape index (κ1) is 21.0. The van der Waals surface area contributed by atoms with Crippen LogP contribution in [0.25, 0.3) is 0 Å². The van der Waals surface area contributed by atoms with Crippen molar-refractivity contribution in [3.63, 3.8) is 0 Å². The Bertz CT molecular complexity index is 753. The average molecular weight is 446 g/mol. The van der Waals surface area contributed by atoms with Crippen molar-refractivity contribution in [1.29, 1.82) is 0 Å². The number of nitrogens with one attached hydrogen (secondary N) is 2. The molecule has 6 nitrogen and oxygen atoms in total. The molecule has 0 spiro atoms. The lowest BCUT2D eigenvalue weighted by Crippen LogP contribution is -2.37. The lowest BCUT2D eigenvalue weighted by atomic mass is 10.2. The number of hydrogen-bond acceptors (Lipinski definition) is 4. The second kappa shape index (κ2) is 10.8. The van der Waals surface area contributed by atoms with E-state index in [1.807, 2.05) is 12.1 Å². The largest absolute Gasteiger partial charge is 0.490 e. The maximum Gasteiger partial charge on any atom is 0.387 e. The number of nitrogens with zero attached hydrogens (tertiary/aromatic N) is 1. The first-order chi connectivity index (χ1) is 13.0. The minimum Gasteiger partial charge on any atom is -0.490 e. The molecule has 0 saturated heterocycles. The molecule has 0 fully saturated rings. The summed E-state index contributed by atoms with van der Waals surface area (Å²) in [7, 11) is 1.63. The molecule has 0 aliphatic rings. The molecule has 0 atom stereocenters. The molecular weight excluding hydrogens is 424 g/mol. The topological polar surface area (TPSA) is 68.0 Å². The van der Waals surface area contributed by atoms with Crippen LogP contribution in [0.4, 0.5) is 8.78 Å². The van der Waals surface area contributed by atoms with Gasteiger partial charge in [0.15, 0.2) is 22.1 Å². The smallest absolute Gasteiger partial charge is 0.387 e. The van der Waals surface area contributed by atoms with Crippen molar-refractivity contribution in [3.05, 3.63) is 46.3 Å². The van der Waals surface area contributed by atoms with Crippen LogP contribution >= 0.6 is 15.9 Å². The van der Waals surface area contributed by atoms with Crippen LogP contribution in [0.2, 0.25) is 0 Å². The molecule has 0 aliphatic carbocycles. The molecule has 148 valence electrons. The molecule has 0 amide bonds. The zero-order valence-electron chi connectivity index (χ0n) is 15.1. The minimum atomic E-state index is -2.93. The van der Waals surface area contributed by atoms with Gasteiger partial charge in [0.05, 0.1) is 6.61 Å². The highest BCUT2D eigenvalue weighted by Gasteiger charge is 2.16. The second-order valence-corrected chi connectivity index (χ2v) is 6.15. The van der Waals surface area contributed by atoms with Crippen LogP contribution in [-0.4, -0.2) is 32.8 Å². The van der Waals surface area contributed by atoms with Crippen LogP contribution in [0.5, 0.6) is 11.5 Å². The molecule has 27 heavy (non-hydrogen) atoms. The summed E-state index contributed by atoms with van der Waals surface area (Å²) in [5.41, 5.74) is 0.541. The quantitative estimate of drug-likeness (QED) is 0.451. The number of furan rings is 1. The van der Waals surface area contributed by atoms with Gasteiger partial charge in [-0.05, 0) is 41.1 Å². The van der Waals surface area contributed by atoms with Crippen LogP contribution in [0.3, 0.4) is 0 Å². The minimum absolute atomic E-state index is 0.0257. The average Bonchev–Trinajstić information content (AvgIpc) is 3.05. The van der Waals surface area contributed by atoms with Gasteiger partial charge in [-0.1, -0.05) is 12.1 Å². The van der Waals surface area contributed by atoms with Gasteiger partial charge in [-0.15, -0.1) is 0 Å². The fraction of sp³-hybridized carbons (Fsp3) is 0.389. The summed E-state index contributed by atoms with van der Waals surface area (Å²) >= 11 is 3.26. The number of halogens is 3. The Balaban J connectivity index is 1.95. The Morgan fingerprint density at radius 1 is 1.26 bits per heavy atom. The van der Waals surface area contributed by atoms with Gasteiger partial charge >= 0.3 is 6.61 Å².